The number of ketones is 1. The molecule has 0 saturated carbocycles. The molecule has 2 aliphatic rings. The van der Waals surface area contributed by atoms with Crippen LogP contribution in [0.3, 0.4) is 0 Å². The molecule has 9 nitrogen and oxygen atoms in total. The molecule has 1 aliphatic carbocycles. The van der Waals surface area contributed by atoms with E-state index >= 15 is 0 Å². The van der Waals surface area contributed by atoms with Crippen LogP contribution in [0.4, 0.5) is 0 Å². The second-order valence-corrected chi connectivity index (χ2v) is 11.3. The van der Waals surface area contributed by atoms with Gasteiger partial charge in [-0.1, -0.05) is 69.3 Å². The molecule has 5 N–H and O–H groups in total. The van der Waals surface area contributed by atoms with Crippen LogP contribution in [-0.2, 0) is 24.8 Å². The molecular weight excluding hydrogens is 486 g/mol. The van der Waals surface area contributed by atoms with Gasteiger partial charge in [0, 0.05) is 23.6 Å². The summed E-state index contributed by atoms with van der Waals surface area (Å²) >= 11 is 0. The zero-order valence-electron chi connectivity index (χ0n) is 21.9. The Hall–Kier alpha value is -3.56. The molecule has 9 heteroatoms. The van der Waals surface area contributed by atoms with Gasteiger partial charge >= 0.3 is 0 Å². The Bertz CT molecular complexity index is 1210. The number of nitrogens with one attached hydrogen (secondary N) is 3. The molecule has 0 spiro atoms. The van der Waals surface area contributed by atoms with E-state index in [1.54, 1.807) is 24.3 Å². The van der Waals surface area contributed by atoms with Gasteiger partial charge in [-0.15, -0.1) is 0 Å². The molecule has 0 radical (unpaired) electrons. The predicted octanol–water partition coefficient (Wildman–Crippen LogP) is 1.40. The molecule has 1 saturated heterocycles. The van der Waals surface area contributed by atoms with Crippen LogP contribution >= 0.6 is 0 Å². The van der Waals surface area contributed by atoms with Crippen molar-refractivity contribution in [1.29, 1.82) is 0 Å². The lowest BCUT2D eigenvalue weighted by Gasteiger charge is -2.31. The van der Waals surface area contributed by atoms with Gasteiger partial charge in [0.05, 0.1) is 6.04 Å². The van der Waals surface area contributed by atoms with Crippen LogP contribution in [-0.4, -0.2) is 59.0 Å². The topological polar surface area (TPSA) is 145 Å². The monoisotopic (exact) mass is 521 g/mol. The number of hydrogen-bond acceptors (Lipinski definition) is 6. The van der Waals surface area contributed by atoms with Crippen LogP contribution in [0.1, 0.15) is 51.2 Å². The zero-order valence-corrected chi connectivity index (χ0v) is 21.9. The molecular formula is C29H35N3O6. The van der Waals surface area contributed by atoms with Gasteiger partial charge < -0.3 is 26.2 Å². The lowest BCUT2D eigenvalue weighted by atomic mass is 9.86. The maximum Gasteiger partial charge on any atom is 0.262 e. The van der Waals surface area contributed by atoms with E-state index < -0.39 is 53.2 Å². The average Bonchev–Trinajstić information content (AvgIpc) is 3.41. The van der Waals surface area contributed by atoms with Gasteiger partial charge in [0.2, 0.25) is 11.8 Å². The summed E-state index contributed by atoms with van der Waals surface area (Å²) in [6, 6.07) is 12.0. The molecule has 1 fully saturated rings. The highest BCUT2D eigenvalue weighted by Gasteiger charge is 2.49. The average molecular weight is 522 g/mol. The number of Topliss-reactive ketones (excluding diaryl/α,β-unsaturated/α-hetero) is 1. The molecule has 0 unspecified atom stereocenters. The summed E-state index contributed by atoms with van der Waals surface area (Å²) in [4.78, 5) is 51.9. The van der Waals surface area contributed by atoms with E-state index in [2.05, 4.69) is 16.0 Å². The molecule has 2 aromatic rings. The second-order valence-electron chi connectivity index (χ2n) is 11.3. The Labute approximate surface area is 222 Å². The van der Waals surface area contributed by atoms with Gasteiger partial charge in [-0.25, -0.2) is 0 Å². The SMILES string of the molecule is CC(C)(C)C[C@@H](NC(=O)C1(O)c2ccccc2-c2ccccc21)C(=O)N[C@@H](C[C@H]1CCNC1=O)C(=O)CO. The van der Waals surface area contributed by atoms with E-state index in [4.69, 9.17) is 0 Å². The molecule has 0 bridgehead atoms. The number of carbonyl (C=O) groups is 4. The summed E-state index contributed by atoms with van der Waals surface area (Å²) in [6.07, 6.45) is 0.795. The molecule has 3 atom stereocenters. The first-order valence-corrected chi connectivity index (χ1v) is 12.9. The Morgan fingerprint density at radius 3 is 2.08 bits per heavy atom. The third kappa shape index (κ3) is 5.35. The van der Waals surface area contributed by atoms with Gasteiger partial charge in [-0.3, -0.25) is 19.2 Å². The second kappa shape index (κ2) is 10.7. The summed E-state index contributed by atoms with van der Waals surface area (Å²) < 4.78 is 0. The Morgan fingerprint density at radius 1 is 1.00 bits per heavy atom. The maximum atomic E-state index is 13.8. The molecule has 0 aromatic heterocycles. The number of aliphatic hydroxyl groups excluding tert-OH is 1. The number of rotatable bonds is 9. The summed E-state index contributed by atoms with van der Waals surface area (Å²) in [7, 11) is 0. The van der Waals surface area contributed by atoms with Gasteiger partial charge in [-0.2, -0.15) is 0 Å². The molecule has 202 valence electrons. The van der Waals surface area contributed by atoms with Crippen molar-refractivity contribution in [2.45, 2.75) is 57.7 Å². The van der Waals surface area contributed by atoms with E-state index in [1.807, 2.05) is 45.0 Å². The molecule has 4 rings (SSSR count). The standard InChI is InChI=1S/C29H35N3O6/c1-28(2,3)15-23(26(36)31-22(24(34)16-33)14-17-12-13-30-25(17)35)32-27(37)29(38)20-10-6-4-8-18(20)19-9-5-7-11-21(19)29/h4-11,17,22-23,33,38H,12-16H2,1-3H3,(H,30,35)(H,31,36)(H,32,37)/t17-,22+,23-/m1/s1. The van der Waals surface area contributed by atoms with Crippen LogP contribution in [0.5, 0.6) is 0 Å². The normalized spacial score (nSPS) is 19.1. The first-order chi connectivity index (χ1) is 18.0. The van der Waals surface area contributed by atoms with Crippen LogP contribution < -0.4 is 16.0 Å². The lowest BCUT2D eigenvalue weighted by Crippen LogP contribution is -2.56. The quantitative estimate of drug-likeness (QED) is 0.337. The van der Waals surface area contributed by atoms with Crippen molar-refractivity contribution in [2.75, 3.05) is 13.2 Å². The van der Waals surface area contributed by atoms with Crippen molar-refractivity contribution >= 4 is 23.5 Å². The van der Waals surface area contributed by atoms with Crippen molar-refractivity contribution in [2.24, 2.45) is 11.3 Å². The minimum absolute atomic E-state index is 0.0534. The predicted molar refractivity (Wildman–Crippen MR) is 141 cm³/mol. The fourth-order valence-electron chi connectivity index (χ4n) is 5.35. The zero-order chi connectivity index (χ0) is 27.7. The molecule has 38 heavy (non-hydrogen) atoms. The van der Waals surface area contributed by atoms with E-state index in [0.717, 1.165) is 11.1 Å². The first-order valence-electron chi connectivity index (χ1n) is 12.9. The van der Waals surface area contributed by atoms with Crippen molar-refractivity contribution in [3.8, 4) is 11.1 Å². The number of amides is 3. The minimum atomic E-state index is -2.01. The minimum Gasteiger partial charge on any atom is -0.389 e. The van der Waals surface area contributed by atoms with Crippen LogP contribution in [0.2, 0.25) is 0 Å². The molecule has 1 heterocycles. The highest BCUT2D eigenvalue weighted by Crippen LogP contribution is 2.47. The number of carbonyl (C=O) groups excluding carboxylic acids is 4. The lowest BCUT2D eigenvalue weighted by molar-refractivity contribution is -0.140. The molecule has 3 amide bonds. The van der Waals surface area contributed by atoms with Crippen LogP contribution in [0.15, 0.2) is 48.5 Å². The van der Waals surface area contributed by atoms with Crippen molar-refractivity contribution in [3.63, 3.8) is 0 Å². The van der Waals surface area contributed by atoms with Crippen LogP contribution in [0, 0.1) is 11.3 Å². The van der Waals surface area contributed by atoms with Gasteiger partial charge in [0.15, 0.2) is 11.4 Å². The number of benzene rings is 2. The van der Waals surface area contributed by atoms with Crippen LogP contribution in [0.25, 0.3) is 11.1 Å². The van der Waals surface area contributed by atoms with Gasteiger partial charge in [0.1, 0.15) is 12.6 Å². The molecule has 1 aliphatic heterocycles. The number of hydrogen-bond donors (Lipinski definition) is 5. The largest absolute Gasteiger partial charge is 0.389 e. The number of fused-ring (bicyclic) bond motifs is 3. The summed E-state index contributed by atoms with van der Waals surface area (Å²) in [6.45, 7) is 5.43. The van der Waals surface area contributed by atoms with E-state index in [1.165, 1.54) is 0 Å². The highest BCUT2D eigenvalue weighted by atomic mass is 16.3. The Morgan fingerprint density at radius 2 is 1.58 bits per heavy atom. The fourth-order valence-corrected chi connectivity index (χ4v) is 5.35. The Kier molecular flexibility index (Phi) is 7.71. The van der Waals surface area contributed by atoms with E-state index in [-0.39, 0.29) is 18.7 Å². The summed E-state index contributed by atoms with van der Waals surface area (Å²) in [5.74, 6) is -2.65. The Balaban J connectivity index is 1.61. The summed E-state index contributed by atoms with van der Waals surface area (Å²) in [5, 5.41) is 29.4. The maximum absolute atomic E-state index is 13.8. The van der Waals surface area contributed by atoms with Crippen molar-refractivity contribution < 1.29 is 29.4 Å². The van der Waals surface area contributed by atoms with Crippen molar-refractivity contribution in [1.82, 2.24) is 16.0 Å². The smallest absolute Gasteiger partial charge is 0.262 e. The van der Waals surface area contributed by atoms with E-state index in [0.29, 0.717) is 24.1 Å². The number of aliphatic hydroxyl groups is 2. The highest BCUT2D eigenvalue weighted by molar-refractivity contribution is 6.01. The first kappa shape index (κ1) is 27.5. The third-order valence-corrected chi connectivity index (χ3v) is 7.23. The summed E-state index contributed by atoms with van der Waals surface area (Å²) in [5.41, 5.74) is -0.0812. The molecule has 2 aromatic carbocycles. The van der Waals surface area contributed by atoms with E-state index in [9.17, 15) is 29.4 Å². The fraction of sp³-hybridized carbons (Fsp3) is 0.448. The van der Waals surface area contributed by atoms with Crippen molar-refractivity contribution in [3.05, 3.63) is 59.7 Å². The van der Waals surface area contributed by atoms with Gasteiger partial charge in [0.25, 0.3) is 5.91 Å². The van der Waals surface area contributed by atoms with Gasteiger partial charge in [-0.05, 0) is 35.8 Å². The third-order valence-electron chi connectivity index (χ3n) is 7.23.